The van der Waals surface area contributed by atoms with Crippen LogP contribution in [0, 0.1) is 5.92 Å². The van der Waals surface area contributed by atoms with Crippen molar-refractivity contribution < 1.29 is 19.8 Å². The lowest BCUT2D eigenvalue weighted by Gasteiger charge is -2.25. The van der Waals surface area contributed by atoms with Crippen LogP contribution in [-0.2, 0) is 9.59 Å². The Morgan fingerprint density at radius 1 is 1.06 bits per heavy atom. The number of rotatable bonds is 2. The molecular formula is C13H21NO4. The summed E-state index contributed by atoms with van der Waals surface area (Å²) in [5.41, 5.74) is 0. The summed E-state index contributed by atoms with van der Waals surface area (Å²) in [6.07, 6.45) is 5.60. The first-order valence-corrected chi connectivity index (χ1v) is 6.81. The third-order valence-corrected chi connectivity index (χ3v) is 4.05. The highest BCUT2D eigenvalue weighted by Crippen LogP contribution is 2.28. The van der Waals surface area contributed by atoms with Crippen molar-refractivity contribution in [3.05, 3.63) is 0 Å². The molecular weight excluding hydrogens is 234 g/mol. The molecule has 2 atom stereocenters. The van der Waals surface area contributed by atoms with Crippen LogP contribution in [0.25, 0.3) is 0 Å². The van der Waals surface area contributed by atoms with E-state index in [4.69, 9.17) is 5.11 Å². The number of carboxylic acid groups (broad SMARTS) is 1. The van der Waals surface area contributed by atoms with Crippen LogP contribution in [0.2, 0.25) is 0 Å². The van der Waals surface area contributed by atoms with Crippen LogP contribution < -0.4 is 0 Å². The molecule has 1 heterocycles. The second kappa shape index (κ2) is 5.69. The zero-order valence-electron chi connectivity index (χ0n) is 10.5. The Labute approximate surface area is 107 Å². The monoisotopic (exact) mass is 255 g/mol. The molecule has 0 aromatic heterocycles. The van der Waals surface area contributed by atoms with Gasteiger partial charge in [0.1, 0.15) is 6.04 Å². The molecule has 0 aromatic carbocycles. The highest BCUT2D eigenvalue weighted by atomic mass is 16.4. The van der Waals surface area contributed by atoms with Gasteiger partial charge in [0.15, 0.2) is 0 Å². The SMILES string of the molecule is O=C(O)[C@@H]1C[C@@H](O)CN1C(=O)C1CCCCCC1. The van der Waals surface area contributed by atoms with E-state index in [1.54, 1.807) is 0 Å². The summed E-state index contributed by atoms with van der Waals surface area (Å²) in [5, 5.41) is 18.7. The Morgan fingerprint density at radius 2 is 1.67 bits per heavy atom. The number of carbonyl (C=O) groups is 2. The van der Waals surface area contributed by atoms with E-state index in [1.807, 2.05) is 0 Å². The quantitative estimate of drug-likeness (QED) is 0.722. The van der Waals surface area contributed by atoms with E-state index in [-0.39, 0.29) is 24.8 Å². The number of hydrogen-bond acceptors (Lipinski definition) is 3. The van der Waals surface area contributed by atoms with Crippen LogP contribution in [0.1, 0.15) is 44.9 Å². The van der Waals surface area contributed by atoms with E-state index in [0.717, 1.165) is 38.5 Å². The third-order valence-electron chi connectivity index (χ3n) is 4.05. The van der Waals surface area contributed by atoms with E-state index < -0.39 is 18.1 Å². The van der Waals surface area contributed by atoms with Gasteiger partial charge in [-0.3, -0.25) is 4.79 Å². The molecule has 18 heavy (non-hydrogen) atoms. The van der Waals surface area contributed by atoms with Gasteiger partial charge < -0.3 is 15.1 Å². The van der Waals surface area contributed by atoms with Crippen LogP contribution in [0.4, 0.5) is 0 Å². The first kappa shape index (κ1) is 13.3. The molecule has 2 fully saturated rings. The van der Waals surface area contributed by atoms with Crippen molar-refractivity contribution in [3.63, 3.8) is 0 Å². The van der Waals surface area contributed by atoms with Gasteiger partial charge in [0.2, 0.25) is 5.91 Å². The van der Waals surface area contributed by atoms with Crippen LogP contribution in [0.3, 0.4) is 0 Å². The van der Waals surface area contributed by atoms with Gasteiger partial charge in [0.25, 0.3) is 0 Å². The summed E-state index contributed by atoms with van der Waals surface area (Å²) in [6.45, 7) is 0.173. The number of hydrogen-bond donors (Lipinski definition) is 2. The topological polar surface area (TPSA) is 77.8 Å². The molecule has 5 heteroatoms. The number of carbonyl (C=O) groups excluding carboxylic acids is 1. The molecule has 0 radical (unpaired) electrons. The Morgan fingerprint density at radius 3 is 2.22 bits per heavy atom. The average molecular weight is 255 g/mol. The molecule has 1 saturated carbocycles. The highest BCUT2D eigenvalue weighted by Gasteiger charge is 2.40. The van der Waals surface area contributed by atoms with Gasteiger partial charge in [0.05, 0.1) is 6.10 Å². The molecule has 5 nitrogen and oxygen atoms in total. The summed E-state index contributed by atoms with van der Waals surface area (Å²) >= 11 is 0. The lowest BCUT2D eigenvalue weighted by Crippen LogP contribution is -2.43. The Kier molecular flexibility index (Phi) is 4.22. The fourth-order valence-corrected chi connectivity index (χ4v) is 3.05. The highest BCUT2D eigenvalue weighted by molar-refractivity contribution is 5.85. The van der Waals surface area contributed by atoms with Crippen molar-refractivity contribution in [3.8, 4) is 0 Å². The minimum atomic E-state index is -1.01. The standard InChI is InChI=1S/C13H21NO4/c15-10-7-11(13(17)18)14(8-10)12(16)9-5-3-1-2-4-6-9/h9-11,15H,1-8H2,(H,17,18)/t10-,11+/m1/s1. The number of nitrogens with zero attached hydrogens (tertiary/aromatic N) is 1. The van der Waals surface area contributed by atoms with Crippen molar-refractivity contribution in [2.24, 2.45) is 5.92 Å². The number of amides is 1. The number of aliphatic hydroxyl groups is 1. The maximum Gasteiger partial charge on any atom is 0.326 e. The summed E-state index contributed by atoms with van der Waals surface area (Å²) < 4.78 is 0. The Hall–Kier alpha value is -1.10. The molecule has 0 unspecified atom stereocenters. The van der Waals surface area contributed by atoms with Crippen molar-refractivity contribution in [2.75, 3.05) is 6.54 Å². The zero-order valence-corrected chi connectivity index (χ0v) is 10.5. The number of aliphatic carboxylic acids is 1. The number of β-amino-alcohol motifs (C(OH)–C–C–N with tert-alkyl or cyclic N) is 1. The summed E-state index contributed by atoms with van der Waals surface area (Å²) in [6, 6.07) is -0.837. The third kappa shape index (κ3) is 2.83. The molecule has 1 amide bonds. The molecule has 0 bridgehead atoms. The fraction of sp³-hybridized carbons (Fsp3) is 0.846. The van der Waals surface area contributed by atoms with Crippen molar-refractivity contribution >= 4 is 11.9 Å². The smallest absolute Gasteiger partial charge is 0.326 e. The van der Waals surface area contributed by atoms with Crippen LogP contribution in [-0.4, -0.2) is 45.7 Å². The second-order valence-electron chi connectivity index (χ2n) is 5.42. The van der Waals surface area contributed by atoms with E-state index in [0.29, 0.717) is 0 Å². The van der Waals surface area contributed by atoms with Gasteiger partial charge >= 0.3 is 5.97 Å². The minimum Gasteiger partial charge on any atom is -0.480 e. The van der Waals surface area contributed by atoms with E-state index in [1.165, 1.54) is 4.90 Å². The number of carboxylic acids is 1. The normalized spacial score (nSPS) is 30.2. The first-order chi connectivity index (χ1) is 8.59. The fourth-order valence-electron chi connectivity index (χ4n) is 3.05. The molecule has 2 rings (SSSR count). The van der Waals surface area contributed by atoms with Crippen molar-refractivity contribution in [1.29, 1.82) is 0 Å². The Bertz CT molecular complexity index is 323. The lowest BCUT2D eigenvalue weighted by atomic mass is 9.98. The predicted molar refractivity (Wildman–Crippen MR) is 65.0 cm³/mol. The van der Waals surface area contributed by atoms with Crippen LogP contribution in [0.15, 0.2) is 0 Å². The van der Waals surface area contributed by atoms with E-state index in [2.05, 4.69) is 0 Å². The zero-order chi connectivity index (χ0) is 13.1. The molecule has 1 aliphatic carbocycles. The van der Waals surface area contributed by atoms with Crippen molar-refractivity contribution in [1.82, 2.24) is 4.90 Å². The van der Waals surface area contributed by atoms with Gasteiger partial charge in [-0.2, -0.15) is 0 Å². The minimum absolute atomic E-state index is 0.0420. The maximum absolute atomic E-state index is 12.4. The lowest BCUT2D eigenvalue weighted by molar-refractivity contribution is -0.150. The van der Waals surface area contributed by atoms with E-state index >= 15 is 0 Å². The Balaban J connectivity index is 2.04. The molecule has 1 saturated heterocycles. The van der Waals surface area contributed by atoms with Gasteiger partial charge in [-0.1, -0.05) is 25.7 Å². The van der Waals surface area contributed by atoms with Crippen LogP contribution in [0.5, 0.6) is 0 Å². The molecule has 102 valence electrons. The second-order valence-corrected chi connectivity index (χ2v) is 5.42. The number of likely N-dealkylation sites (tertiary alicyclic amines) is 1. The van der Waals surface area contributed by atoms with Crippen molar-refractivity contribution in [2.45, 2.75) is 57.1 Å². The largest absolute Gasteiger partial charge is 0.480 e. The summed E-state index contributed by atoms with van der Waals surface area (Å²) in [7, 11) is 0. The summed E-state index contributed by atoms with van der Waals surface area (Å²) in [5.74, 6) is -1.12. The molecule has 1 aliphatic heterocycles. The average Bonchev–Trinajstić information content (AvgIpc) is 2.56. The molecule has 2 aliphatic rings. The molecule has 0 spiro atoms. The molecule has 2 N–H and O–H groups in total. The molecule has 0 aromatic rings. The summed E-state index contributed by atoms with van der Waals surface area (Å²) in [4.78, 5) is 24.9. The first-order valence-electron chi connectivity index (χ1n) is 6.81. The van der Waals surface area contributed by atoms with Crippen LogP contribution >= 0.6 is 0 Å². The van der Waals surface area contributed by atoms with Gasteiger partial charge in [0, 0.05) is 18.9 Å². The predicted octanol–water partition coefficient (Wildman–Crippen LogP) is 1.00. The van der Waals surface area contributed by atoms with Gasteiger partial charge in [-0.15, -0.1) is 0 Å². The van der Waals surface area contributed by atoms with Gasteiger partial charge in [-0.05, 0) is 12.8 Å². The number of aliphatic hydroxyl groups excluding tert-OH is 1. The van der Waals surface area contributed by atoms with Gasteiger partial charge in [-0.25, -0.2) is 4.79 Å². The van der Waals surface area contributed by atoms with E-state index in [9.17, 15) is 14.7 Å². The maximum atomic E-state index is 12.4.